The number of rotatable bonds is 3. The summed E-state index contributed by atoms with van der Waals surface area (Å²) in [5.74, 6) is -1.13. The molecule has 0 aliphatic heterocycles. The molecule has 0 saturated heterocycles. The summed E-state index contributed by atoms with van der Waals surface area (Å²) >= 11 is 22.4. The lowest BCUT2D eigenvalue weighted by atomic mass is 10.2. The summed E-state index contributed by atoms with van der Waals surface area (Å²) in [5, 5.41) is 5.14. The van der Waals surface area contributed by atoms with Crippen molar-refractivity contribution in [1.29, 1.82) is 0 Å². The van der Waals surface area contributed by atoms with Gasteiger partial charge in [-0.3, -0.25) is 9.59 Å². The highest BCUT2D eigenvalue weighted by atomic mass is 35.6. The Kier molecular flexibility index (Phi) is 5.24. The van der Waals surface area contributed by atoms with Crippen LogP contribution in [0.5, 0.6) is 0 Å². The van der Waals surface area contributed by atoms with Crippen LogP contribution in [0.15, 0.2) is 41.0 Å². The van der Waals surface area contributed by atoms with Crippen molar-refractivity contribution in [3.05, 3.63) is 47.4 Å². The van der Waals surface area contributed by atoms with Crippen LogP contribution in [-0.4, -0.2) is 15.6 Å². The molecule has 1 aromatic carbocycles. The van der Waals surface area contributed by atoms with Crippen LogP contribution < -0.4 is 10.6 Å². The molecular formula is C13H8Cl4N2O3. The van der Waals surface area contributed by atoms with Crippen molar-refractivity contribution in [3.63, 3.8) is 0 Å². The molecule has 0 radical (unpaired) electrons. The van der Waals surface area contributed by atoms with Crippen molar-refractivity contribution in [3.8, 4) is 0 Å². The van der Waals surface area contributed by atoms with E-state index in [1.165, 1.54) is 30.5 Å². The molecule has 9 heteroatoms. The van der Waals surface area contributed by atoms with Crippen LogP contribution in [0, 0.1) is 0 Å². The Morgan fingerprint density at radius 3 is 2.36 bits per heavy atom. The zero-order chi connectivity index (χ0) is 16.3. The summed E-state index contributed by atoms with van der Waals surface area (Å²) in [4.78, 5) is 23.4. The molecule has 0 unspecified atom stereocenters. The lowest BCUT2D eigenvalue weighted by Gasteiger charge is -2.13. The van der Waals surface area contributed by atoms with Crippen molar-refractivity contribution in [1.82, 2.24) is 0 Å². The molecule has 2 amide bonds. The number of carbonyl (C=O) groups is 2. The Morgan fingerprint density at radius 1 is 1.09 bits per heavy atom. The van der Waals surface area contributed by atoms with Gasteiger partial charge in [-0.2, -0.15) is 0 Å². The molecule has 0 aliphatic carbocycles. The number of alkyl halides is 3. The van der Waals surface area contributed by atoms with E-state index in [0.29, 0.717) is 11.4 Å². The highest BCUT2D eigenvalue weighted by molar-refractivity contribution is 6.76. The molecule has 1 aromatic heterocycles. The second-order valence-corrected chi connectivity index (χ2v) is 6.77. The third-order valence-electron chi connectivity index (χ3n) is 2.48. The summed E-state index contributed by atoms with van der Waals surface area (Å²) in [6.45, 7) is 0. The number of hydrogen-bond donors (Lipinski definition) is 2. The lowest BCUT2D eigenvalue weighted by molar-refractivity contribution is -0.115. The monoisotopic (exact) mass is 380 g/mol. The molecule has 0 spiro atoms. The molecule has 5 nitrogen and oxygen atoms in total. The van der Waals surface area contributed by atoms with Gasteiger partial charge < -0.3 is 15.1 Å². The third-order valence-corrected chi connectivity index (χ3v) is 3.31. The van der Waals surface area contributed by atoms with Crippen molar-refractivity contribution in [2.75, 3.05) is 10.6 Å². The predicted octanol–water partition coefficient (Wildman–Crippen LogP) is 4.49. The summed E-state index contributed by atoms with van der Waals surface area (Å²) < 4.78 is 2.88. The van der Waals surface area contributed by atoms with Gasteiger partial charge in [-0.25, -0.2) is 0 Å². The Balaban J connectivity index is 2.10. The first-order valence-electron chi connectivity index (χ1n) is 5.80. The molecule has 116 valence electrons. The van der Waals surface area contributed by atoms with E-state index in [0.717, 1.165) is 0 Å². The number of anilines is 2. The first-order valence-corrected chi connectivity index (χ1v) is 7.31. The first kappa shape index (κ1) is 17.0. The van der Waals surface area contributed by atoms with Gasteiger partial charge in [-0.15, -0.1) is 0 Å². The molecule has 0 saturated carbocycles. The van der Waals surface area contributed by atoms with Crippen LogP contribution in [0.25, 0.3) is 0 Å². The fourth-order valence-electron chi connectivity index (χ4n) is 1.49. The van der Waals surface area contributed by atoms with E-state index in [1.807, 2.05) is 0 Å². The van der Waals surface area contributed by atoms with Crippen molar-refractivity contribution < 1.29 is 14.0 Å². The van der Waals surface area contributed by atoms with Crippen molar-refractivity contribution in [2.24, 2.45) is 0 Å². The van der Waals surface area contributed by atoms with Gasteiger partial charge >= 0.3 is 0 Å². The van der Waals surface area contributed by atoms with E-state index in [2.05, 4.69) is 10.6 Å². The third kappa shape index (κ3) is 4.30. The fourth-order valence-corrected chi connectivity index (χ4v) is 1.86. The highest BCUT2D eigenvalue weighted by Crippen LogP contribution is 2.30. The number of carbonyl (C=O) groups excluding carboxylic acids is 2. The standard InChI is InChI=1S/C13H8Cl4N2O3/c14-8-6-7(18-12(21)13(15,16)17)3-4-9(8)19-11(20)10-2-1-5-22-10/h1-6H,(H,18,21)(H,19,20). The molecule has 0 bridgehead atoms. The normalized spacial score (nSPS) is 11.1. The number of amides is 2. The number of halogens is 4. The number of nitrogens with one attached hydrogen (secondary N) is 2. The molecule has 2 N–H and O–H groups in total. The minimum absolute atomic E-state index is 0.143. The number of hydrogen-bond acceptors (Lipinski definition) is 3. The van der Waals surface area contributed by atoms with Gasteiger partial charge in [0.2, 0.25) is 0 Å². The molecule has 0 atom stereocenters. The van der Waals surface area contributed by atoms with Gasteiger partial charge in [0.05, 0.1) is 17.0 Å². The average Bonchev–Trinajstić information content (AvgIpc) is 2.94. The van der Waals surface area contributed by atoms with E-state index in [9.17, 15) is 9.59 Å². The molecule has 2 rings (SSSR count). The summed E-state index contributed by atoms with van der Waals surface area (Å²) in [6.07, 6.45) is 1.38. The highest BCUT2D eigenvalue weighted by Gasteiger charge is 2.30. The van der Waals surface area contributed by atoms with Crippen LogP contribution >= 0.6 is 46.4 Å². The predicted molar refractivity (Wildman–Crippen MR) is 87.0 cm³/mol. The SMILES string of the molecule is O=C(Nc1ccc(NC(=O)C(Cl)(Cl)Cl)cc1Cl)c1ccco1. The van der Waals surface area contributed by atoms with Crippen LogP contribution in [0.3, 0.4) is 0 Å². The molecule has 1 heterocycles. The topological polar surface area (TPSA) is 71.3 Å². The second-order valence-electron chi connectivity index (χ2n) is 4.08. The van der Waals surface area contributed by atoms with Gasteiger partial charge in [-0.1, -0.05) is 46.4 Å². The molecule has 0 fully saturated rings. The average molecular weight is 382 g/mol. The number of benzene rings is 1. The van der Waals surface area contributed by atoms with E-state index in [1.54, 1.807) is 6.07 Å². The van der Waals surface area contributed by atoms with Gasteiger partial charge in [-0.05, 0) is 30.3 Å². The van der Waals surface area contributed by atoms with Crippen molar-refractivity contribution >= 4 is 69.6 Å². The van der Waals surface area contributed by atoms with E-state index in [4.69, 9.17) is 50.8 Å². The van der Waals surface area contributed by atoms with Gasteiger partial charge in [0.25, 0.3) is 15.6 Å². The van der Waals surface area contributed by atoms with Crippen LogP contribution in [0.4, 0.5) is 11.4 Å². The first-order chi connectivity index (χ1) is 10.3. The fraction of sp³-hybridized carbons (Fsp3) is 0.0769. The second kappa shape index (κ2) is 6.79. The maximum atomic E-state index is 11.8. The smallest absolute Gasteiger partial charge is 0.291 e. The quantitative estimate of drug-likeness (QED) is 0.769. The molecular weight excluding hydrogens is 374 g/mol. The summed E-state index contributed by atoms with van der Waals surface area (Å²) in [6, 6.07) is 7.51. The Labute approximate surface area is 145 Å². The van der Waals surface area contributed by atoms with Gasteiger partial charge in [0, 0.05) is 5.69 Å². The maximum Gasteiger partial charge on any atom is 0.291 e. The Hall–Kier alpha value is -1.40. The van der Waals surface area contributed by atoms with Gasteiger partial charge in [0.1, 0.15) is 0 Å². The van der Waals surface area contributed by atoms with E-state index < -0.39 is 15.6 Å². The molecule has 0 aliphatic rings. The summed E-state index contributed by atoms with van der Waals surface area (Å²) in [7, 11) is 0. The summed E-state index contributed by atoms with van der Waals surface area (Å²) in [5.41, 5.74) is 0.660. The number of furan rings is 1. The Morgan fingerprint density at radius 2 is 1.82 bits per heavy atom. The zero-order valence-corrected chi connectivity index (χ0v) is 13.7. The van der Waals surface area contributed by atoms with E-state index in [-0.39, 0.29) is 10.8 Å². The van der Waals surface area contributed by atoms with Crippen LogP contribution in [0.2, 0.25) is 5.02 Å². The molecule has 22 heavy (non-hydrogen) atoms. The Bertz CT molecular complexity index is 696. The minimum atomic E-state index is -2.08. The van der Waals surface area contributed by atoms with E-state index >= 15 is 0 Å². The van der Waals surface area contributed by atoms with Crippen LogP contribution in [-0.2, 0) is 4.79 Å². The van der Waals surface area contributed by atoms with Crippen LogP contribution in [0.1, 0.15) is 10.6 Å². The van der Waals surface area contributed by atoms with Gasteiger partial charge in [0.15, 0.2) is 5.76 Å². The van der Waals surface area contributed by atoms with Crippen molar-refractivity contribution in [2.45, 2.75) is 3.79 Å². The minimum Gasteiger partial charge on any atom is -0.459 e. The largest absolute Gasteiger partial charge is 0.459 e. The molecule has 2 aromatic rings. The lowest BCUT2D eigenvalue weighted by Crippen LogP contribution is -2.26. The maximum absolute atomic E-state index is 11.8. The zero-order valence-electron chi connectivity index (χ0n) is 10.7.